The van der Waals surface area contributed by atoms with Crippen molar-refractivity contribution in [1.29, 1.82) is 0 Å². The fourth-order valence-corrected chi connectivity index (χ4v) is 10.8. The van der Waals surface area contributed by atoms with Gasteiger partial charge in [0, 0.05) is 10.5 Å². The van der Waals surface area contributed by atoms with Crippen LogP contribution in [0.4, 0.5) is 0 Å². The highest BCUT2D eigenvalue weighted by molar-refractivity contribution is 7.96. The van der Waals surface area contributed by atoms with Crippen LogP contribution in [0.3, 0.4) is 0 Å². The highest BCUT2D eigenvalue weighted by Gasteiger charge is 2.53. The van der Waals surface area contributed by atoms with Gasteiger partial charge >= 0.3 is 11.9 Å². The van der Waals surface area contributed by atoms with Gasteiger partial charge < -0.3 is 9.47 Å². The molecule has 0 amide bonds. The maximum absolute atomic E-state index is 14.5. The lowest BCUT2D eigenvalue weighted by Gasteiger charge is -2.33. The van der Waals surface area contributed by atoms with E-state index in [9.17, 15) is 19.7 Å². The Morgan fingerprint density at radius 3 is 1.62 bits per heavy atom. The molecular formula is C37H36NO6P. The predicted molar refractivity (Wildman–Crippen MR) is 180 cm³/mol. The molecule has 0 fully saturated rings. The number of hydrogen-bond acceptors (Lipinski definition) is 6. The number of carbonyl (C=O) groups excluding carboxylic acids is 2. The molecule has 0 saturated heterocycles. The van der Waals surface area contributed by atoms with Crippen LogP contribution < -0.4 is 15.9 Å². The van der Waals surface area contributed by atoms with Gasteiger partial charge in [-0.05, 0) is 49.1 Å². The molecule has 0 N–H and O–H groups in total. The second-order valence-electron chi connectivity index (χ2n) is 10.8. The van der Waals surface area contributed by atoms with Gasteiger partial charge in [-0.3, -0.25) is 14.9 Å². The largest absolute Gasteiger partial charge is 0.466 e. The highest BCUT2D eigenvalue weighted by atomic mass is 31.2. The Balaban J connectivity index is 1.99. The molecule has 0 heterocycles. The Bertz CT molecular complexity index is 1650. The lowest BCUT2D eigenvalue weighted by molar-refractivity contribution is -0.514. The van der Waals surface area contributed by atoms with E-state index in [4.69, 9.17) is 9.47 Å². The van der Waals surface area contributed by atoms with Crippen molar-refractivity contribution < 1.29 is 24.0 Å². The van der Waals surface area contributed by atoms with Gasteiger partial charge in [0.25, 0.3) is 0 Å². The van der Waals surface area contributed by atoms with Gasteiger partial charge in [-0.1, -0.05) is 127 Å². The van der Waals surface area contributed by atoms with E-state index in [0.29, 0.717) is 5.56 Å². The topological polar surface area (TPSA) is 95.7 Å². The van der Waals surface area contributed by atoms with Crippen LogP contribution in [0.25, 0.3) is 0 Å². The standard InChI is InChI=1S/C37H36NO6P/c1-4-43-36(39)31-25-32(34(38(41)42)33(31)27-23-21-26(3)22-24-27)35(37(40)44-5-2)45(28-15-9-6-10-16-28,29-17-11-7-12-18-29)30-19-13-8-14-20-30/h6-25,31,33-34H,4-5H2,1-3H3/t31-,33-,34-/m0/s1. The Hall–Kier alpha value is -4.74. The number of esters is 2. The molecule has 3 atom stereocenters. The van der Waals surface area contributed by atoms with Crippen LogP contribution in [0, 0.1) is 23.0 Å². The summed E-state index contributed by atoms with van der Waals surface area (Å²) in [5, 5.41) is 16.0. The molecule has 0 aromatic heterocycles. The van der Waals surface area contributed by atoms with E-state index in [0.717, 1.165) is 21.5 Å². The van der Waals surface area contributed by atoms with E-state index in [1.54, 1.807) is 19.9 Å². The molecule has 230 valence electrons. The summed E-state index contributed by atoms with van der Waals surface area (Å²) in [6.07, 6.45) is 1.60. The molecule has 45 heavy (non-hydrogen) atoms. The third-order valence-electron chi connectivity index (χ3n) is 8.16. The van der Waals surface area contributed by atoms with Crippen molar-refractivity contribution in [2.75, 3.05) is 13.2 Å². The monoisotopic (exact) mass is 621 g/mol. The molecule has 0 unspecified atom stereocenters. The molecule has 0 aliphatic heterocycles. The smallest absolute Gasteiger partial charge is 0.339 e. The quantitative estimate of drug-likeness (QED) is 0.0995. The lowest BCUT2D eigenvalue weighted by atomic mass is 9.84. The minimum atomic E-state index is -3.16. The van der Waals surface area contributed by atoms with E-state index in [-0.39, 0.29) is 29.0 Å². The van der Waals surface area contributed by atoms with Crippen LogP contribution in [0.2, 0.25) is 0 Å². The second kappa shape index (κ2) is 13.9. The molecule has 4 aromatic carbocycles. The van der Waals surface area contributed by atoms with Crippen LogP contribution >= 0.6 is 6.89 Å². The van der Waals surface area contributed by atoms with Gasteiger partial charge in [0.05, 0.1) is 30.3 Å². The average molecular weight is 622 g/mol. The van der Waals surface area contributed by atoms with Crippen LogP contribution in [0.1, 0.15) is 30.9 Å². The summed E-state index contributed by atoms with van der Waals surface area (Å²) in [7, 11) is 0. The number of carbonyl (C=O) groups is 2. The molecule has 0 saturated carbocycles. The van der Waals surface area contributed by atoms with E-state index >= 15 is 0 Å². The molecule has 0 radical (unpaired) electrons. The van der Waals surface area contributed by atoms with Gasteiger partial charge in [-0.15, -0.1) is 0 Å². The molecule has 1 aliphatic rings. The van der Waals surface area contributed by atoms with Crippen molar-refractivity contribution in [1.82, 2.24) is 0 Å². The first kappa shape index (κ1) is 31.7. The molecule has 8 heteroatoms. The molecule has 0 spiro atoms. The van der Waals surface area contributed by atoms with E-state index in [2.05, 4.69) is 0 Å². The first-order valence-corrected chi connectivity index (χ1v) is 16.8. The Morgan fingerprint density at radius 1 is 0.733 bits per heavy atom. The summed E-state index contributed by atoms with van der Waals surface area (Å²) in [6.45, 7) is 2.38. The first-order valence-electron chi connectivity index (χ1n) is 15.0. The maximum Gasteiger partial charge on any atom is 0.339 e. The van der Waals surface area contributed by atoms with Crippen molar-refractivity contribution in [2.45, 2.75) is 32.7 Å². The summed E-state index contributed by atoms with van der Waals surface area (Å²) < 4.78 is 11.3. The fourth-order valence-electron chi connectivity index (χ4n) is 6.32. The minimum Gasteiger partial charge on any atom is -0.466 e. The van der Waals surface area contributed by atoms with Crippen molar-refractivity contribution in [2.24, 2.45) is 5.92 Å². The molecule has 1 aliphatic carbocycles. The summed E-state index contributed by atoms with van der Waals surface area (Å²) in [5.41, 5.74) is 1.79. The van der Waals surface area contributed by atoms with Crippen LogP contribution in [-0.2, 0) is 19.1 Å². The number of aryl methyl sites for hydroxylation is 1. The first-order chi connectivity index (χ1) is 21.8. The summed E-state index contributed by atoms with van der Waals surface area (Å²) in [4.78, 5) is 41.0. The van der Waals surface area contributed by atoms with Gasteiger partial charge in [0.1, 0.15) is 0 Å². The van der Waals surface area contributed by atoms with E-state index in [1.807, 2.05) is 122 Å². The molecule has 5 rings (SSSR count). The van der Waals surface area contributed by atoms with Gasteiger partial charge in [0.15, 0.2) is 0 Å². The van der Waals surface area contributed by atoms with Crippen molar-refractivity contribution >= 4 is 40.0 Å². The molecular weight excluding hydrogens is 585 g/mol. The zero-order chi connectivity index (χ0) is 32.0. The summed E-state index contributed by atoms with van der Waals surface area (Å²) in [5.74, 6) is -3.11. The van der Waals surface area contributed by atoms with Crippen molar-refractivity contribution in [3.63, 3.8) is 0 Å². The van der Waals surface area contributed by atoms with Crippen LogP contribution in [-0.4, -0.2) is 41.4 Å². The normalized spacial score (nSPS) is 17.7. The Morgan fingerprint density at radius 2 is 1.20 bits per heavy atom. The zero-order valence-corrected chi connectivity index (χ0v) is 26.4. The minimum absolute atomic E-state index is 0.0693. The molecule has 0 bridgehead atoms. The van der Waals surface area contributed by atoms with Gasteiger partial charge in [-0.2, -0.15) is 0 Å². The number of hydrogen-bond donors (Lipinski definition) is 0. The van der Waals surface area contributed by atoms with Crippen LogP contribution in [0.5, 0.6) is 0 Å². The number of ether oxygens (including phenoxy) is 2. The lowest BCUT2D eigenvalue weighted by Crippen LogP contribution is -2.40. The zero-order valence-electron chi connectivity index (χ0n) is 25.5. The summed E-state index contributed by atoms with van der Waals surface area (Å²) in [6, 6.07) is 34.9. The number of nitrogens with zero attached hydrogens (tertiary/aromatic N) is 1. The summed E-state index contributed by atoms with van der Waals surface area (Å²) >= 11 is 0. The number of nitro groups is 1. The Labute approximate surface area is 263 Å². The molecule has 4 aromatic rings. The highest BCUT2D eigenvalue weighted by Crippen LogP contribution is 2.52. The third kappa shape index (κ3) is 6.01. The van der Waals surface area contributed by atoms with Crippen LogP contribution in [0.15, 0.2) is 127 Å². The maximum atomic E-state index is 14.5. The van der Waals surface area contributed by atoms with Gasteiger partial charge in [0.2, 0.25) is 6.04 Å². The number of rotatable bonds is 10. The number of benzene rings is 4. The Kier molecular flexibility index (Phi) is 9.80. The third-order valence-corrected chi connectivity index (χ3v) is 12.5. The second-order valence-corrected chi connectivity index (χ2v) is 14.2. The van der Waals surface area contributed by atoms with Gasteiger partial charge in [-0.25, -0.2) is 4.79 Å². The molecule has 7 nitrogen and oxygen atoms in total. The predicted octanol–water partition coefficient (Wildman–Crippen LogP) is 5.57. The SMILES string of the molecule is CCOC(=O)C(C1=C[C@H](C(=O)OCC)[C@H](c2ccc(C)cc2)[C@H]1[N+](=O)[O-])=P(c1ccccc1)(c1ccccc1)c1ccccc1. The van der Waals surface area contributed by atoms with Crippen molar-refractivity contribution in [3.05, 3.63) is 148 Å². The van der Waals surface area contributed by atoms with Crippen molar-refractivity contribution in [3.8, 4) is 0 Å². The van der Waals surface area contributed by atoms with E-state index < -0.39 is 36.7 Å². The van der Waals surface area contributed by atoms with E-state index in [1.165, 1.54) is 0 Å². The fraction of sp³-hybridized carbons (Fsp3) is 0.216. The average Bonchev–Trinajstić information content (AvgIpc) is 3.46.